The molecule has 1 N–H and O–H groups in total. The van der Waals surface area contributed by atoms with E-state index in [1.54, 1.807) is 4.68 Å². The van der Waals surface area contributed by atoms with Gasteiger partial charge in [0.05, 0.1) is 11.0 Å². The maximum atomic E-state index is 11.2. The van der Waals surface area contributed by atoms with E-state index in [4.69, 9.17) is 5.11 Å². The van der Waals surface area contributed by atoms with Crippen molar-refractivity contribution in [1.82, 2.24) is 14.7 Å². The summed E-state index contributed by atoms with van der Waals surface area (Å²) in [6.45, 7) is 0. The molecule has 3 atom stereocenters. The zero-order valence-corrected chi connectivity index (χ0v) is 10.2. The number of nitrogens with zero attached hydrogens (tertiary/aromatic N) is 4. The molecular formula is C11H14N4O4. The number of rotatable bonds is 2. The summed E-state index contributed by atoms with van der Waals surface area (Å²) in [6, 6.07) is 0.0933. The van der Waals surface area contributed by atoms with Crippen LogP contribution in [0.5, 0.6) is 0 Å². The van der Waals surface area contributed by atoms with Gasteiger partial charge in [-0.25, -0.2) is 4.79 Å². The molecule has 3 heterocycles. The fourth-order valence-corrected chi connectivity index (χ4v) is 3.30. The van der Waals surface area contributed by atoms with Crippen molar-refractivity contribution in [2.75, 3.05) is 0 Å². The van der Waals surface area contributed by atoms with E-state index < -0.39 is 11.0 Å². The Morgan fingerprint density at radius 1 is 1.37 bits per heavy atom. The van der Waals surface area contributed by atoms with E-state index in [2.05, 4.69) is 5.10 Å². The van der Waals surface area contributed by atoms with E-state index in [0.717, 1.165) is 12.8 Å². The molecule has 2 aliphatic rings. The van der Waals surface area contributed by atoms with Crippen molar-refractivity contribution in [2.24, 2.45) is 0 Å². The molecule has 8 nitrogen and oxygen atoms in total. The van der Waals surface area contributed by atoms with Crippen molar-refractivity contribution in [3.63, 3.8) is 0 Å². The van der Waals surface area contributed by atoms with Gasteiger partial charge in [0.1, 0.15) is 12.4 Å². The second-order valence-electron chi connectivity index (χ2n) is 5.14. The first-order valence-corrected chi connectivity index (χ1v) is 6.26. The summed E-state index contributed by atoms with van der Waals surface area (Å²) >= 11 is 0. The van der Waals surface area contributed by atoms with Gasteiger partial charge in [-0.05, 0) is 25.7 Å². The van der Waals surface area contributed by atoms with Gasteiger partial charge < -0.3 is 10.0 Å². The Hall–Kier alpha value is -2.12. The predicted molar refractivity (Wildman–Crippen MR) is 63.8 cm³/mol. The fraction of sp³-hybridized carbons (Fsp3) is 0.636. The molecule has 0 aromatic carbocycles. The SMILES string of the molecule is O=C(O)N1C2CC[C@@H]1CC(n1cc([N+](=O)[O-])cn1)C2. The van der Waals surface area contributed by atoms with Gasteiger partial charge in [-0.3, -0.25) is 14.8 Å². The summed E-state index contributed by atoms with van der Waals surface area (Å²) in [5.41, 5.74) is -0.0204. The van der Waals surface area contributed by atoms with Crippen molar-refractivity contribution in [1.29, 1.82) is 0 Å². The number of aromatic nitrogens is 2. The number of hydrogen-bond donors (Lipinski definition) is 1. The number of piperidine rings is 1. The normalized spacial score (nSPS) is 29.5. The molecule has 1 aromatic rings. The third-order valence-electron chi connectivity index (χ3n) is 4.10. The molecule has 8 heteroatoms. The van der Waals surface area contributed by atoms with Crippen LogP contribution in [0.15, 0.2) is 12.4 Å². The largest absolute Gasteiger partial charge is 0.465 e. The lowest BCUT2D eigenvalue weighted by Crippen LogP contribution is -2.46. The first-order valence-electron chi connectivity index (χ1n) is 6.26. The van der Waals surface area contributed by atoms with Crippen molar-refractivity contribution < 1.29 is 14.8 Å². The Balaban J connectivity index is 1.78. The molecule has 19 heavy (non-hydrogen) atoms. The maximum Gasteiger partial charge on any atom is 0.407 e. The number of amides is 1. The Labute approximate surface area is 108 Å². The van der Waals surface area contributed by atoms with Gasteiger partial charge in [-0.2, -0.15) is 5.10 Å². The van der Waals surface area contributed by atoms with Crippen molar-refractivity contribution >= 4 is 11.8 Å². The van der Waals surface area contributed by atoms with Crippen LogP contribution in [0.4, 0.5) is 10.5 Å². The third-order valence-corrected chi connectivity index (χ3v) is 4.10. The molecule has 2 fully saturated rings. The highest BCUT2D eigenvalue weighted by Gasteiger charge is 2.44. The summed E-state index contributed by atoms with van der Waals surface area (Å²) in [7, 11) is 0. The first-order chi connectivity index (χ1) is 9.06. The van der Waals surface area contributed by atoms with Crippen LogP contribution < -0.4 is 0 Å². The van der Waals surface area contributed by atoms with E-state index in [-0.39, 0.29) is 23.8 Å². The van der Waals surface area contributed by atoms with Gasteiger partial charge in [-0.15, -0.1) is 0 Å². The summed E-state index contributed by atoms with van der Waals surface area (Å²) in [5, 5.41) is 23.8. The molecule has 1 amide bonds. The smallest absolute Gasteiger partial charge is 0.407 e. The lowest BCUT2D eigenvalue weighted by atomic mass is 9.98. The van der Waals surface area contributed by atoms with E-state index in [1.165, 1.54) is 17.3 Å². The molecule has 3 rings (SSSR count). The number of hydrogen-bond acceptors (Lipinski definition) is 4. The topological polar surface area (TPSA) is 102 Å². The van der Waals surface area contributed by atoms with Crippen LogP contribution in [-0.2, 0) is 0 Å². The van der Waals surface area contributed by atoms with Gasteiger partial charge >= 0.3 is 11.8 Å². The highest BCUT2D eigenvalue weighted by molar-refractivity contribution is 5.66. The van der Waals surface area contributed by atoms with E-state index >= 15 is 0 Å². The van der Waals surface area contributed by atoms with Crippen LogP contribution in [0.3, 0.4) is 0 Å². The second kappa shape index (κ2) is 4.22. The van der Waals surface area contributed by atoms with Gasteiger partial charge in [-0.1, -0.05) is 0 Å². The van der Waals surface area contributed by atoms with Gasteiger partial charge in [0, 0.05) is 12.1 Å². The van der Waals surface area contributed by atoms with Crippen molar-refractivity contribution in [3.8, 4) is 0 Å². The Kier molecular flexibility index (Phi) is 2.65. The number of fused-ring (bicyclic) bond motifs is 2. The highest BCUT2D eigenvalue weighted by atomic mass is 16.6. The molecule has 2 unspecified atom stereocenters. The second-order valence-corrected chi connectivity index (χ2v) is 5.14. The molecule has 2 bridgehead atoms. The highest BCUT2D eigenvalue weighted by Crippen LogP contribution is 2.40. The average molecular weight is 266 g/mol. The van der Waals surface area contributed by atoms with Crippen LogP contribution in [0.25, 0.3) is 0 Å². The predicted octanol–water partition coefficient (Wildman–Crippen LogP) is 1.64. The molecule has 1 aromatic heterocycles. The lowest BCUT2D eigenvalue weighted by Gasteiger charge is -2.36. The monoisotopic (exact) mass is 266 g/mol. The third kappa shape index (κ3) is 1.92. The molecule has 0 aliphatic carbocycles. The zero-order valence-electron chi connectivity index (χ0n) is 10.2. The van der Waals surface area contributed by atoms with Gasteiger partial charge in [0.15, 0.2) is 0 Å². The van der Waals surface area contributed by atoms with E-state index in [1.807, 2.05) is 0 Å². The quantitative estimate of drug-likeness (QED) is 0.647. The average Bonchev–Trinajstić information content (AvgIpc) is 2.93. The van der Waals surface area contributed by atoms with Crippen LogP contribution in [0.1, 0.15) is 31.7 Å². The Morgan fingerprint density at radius 3 is 2.47 bits per heavy atom. The fourth-order valence-electron chi connectivity index (χ4n) is 3.30. The Morgan fingerprint density at radius 2 is 2.00 bits per heavy atom. The Bertz CT molecular complexity index is 515. The van der Waals surface area contributed by atoms with E-state index in [9.17, 15) is 14.9 Å². The van der Waals surface area contributed by atoms with Gasteiger partial charge in [0.2, 0.25) is 0 Å². The van der Waals surface area contributed by atoms with Crippen LogP contribution in [0.2, 0.25) is 0 Å². The number of carbonyl (C=O) groups is 1. The molecule has 2 saturated heterocycles. The number of nitro groups is 1. The van der Waals surface area contributed by atoms with Crippen molar-refractivity contribution in [2.45, 2.75) is 43.8 Å². The molecule has 0 saturated carbocycles. The van der Waals surface area contributed by atoms with Gasteiger partial charge in [0.25, 0.3) is 0 Å². The summed E-state index contributed by atoms with van der Waals surface area (Å²) in [6.07, 6.45) is 4.92. The minimum Gasteiger partial charge on any atom is -0.465 e. The zero-order chi connectivity index (χ0) is 13.6. The summed E-state index contributed by atoms with van der Waals surface area (Å²) in [4.78, 5) is 22.9. The molecule has 0 radical (unpaired) electrons. The first kappa shape index (κ1) is 11.9. The van der Waals surface area contributed by atoms with E-state index in [0.29, 0.717) is 12.8 Å². The number of carboxylic acid groups (broad SMARTS) is 1. The standard InChI is InChI=1S/C11H14N4O4/c16-11(17)14-7-1-2-8(14)4-9(3-7)13-6-10(5-12-13)15(18)19/h5-9H,1-4H2,(H,16,17)/t7-,8?,9?/m1/s1. The van der Waals surface area contributed by atoms with Crippen molar-refractivity contribution in [3.05, 3.63) is 22.5 Å². The minimum absolute atomic E-state index is 0.0181. The molecule has 2 aliphatic heterocycles. The van der Waals surface area contributed by atoms with Crippen LogP contribution in [0, 0.1) is 10.1 Å². The molecule has 0 spiro atoms. The molecular weight excluding hydrogens is 252 g/mol. The lowest BCUT2D eigenvalue weighted by molar-refractivity contribution is -0.385. The van der Waals surface area contributed by atoms with Crippen LogP contribution >= 0.6 is 0 Å². The molecule has 102 valence electrons. The summed E-state index contributed by atoms with van der Waals surface area (Å²) in [5.74, 6) is 0. The minimum atomic E-state index is -0.864. The summed E-state index contributed by atoms with van der Waals surface area (Å²) < 4.78 is 1.61. The maximum absolute atomic E-state index is 11.2. The van der Waals surface area contributed by atoms with Crippen LogP contribution in [-0.4, -0.2) is 42.9 Å².